The van der Waals surface area contributed by atoms with Crippen molar-refractivity contribution in [3.05, 3.63) is 99.1 Å². The molecule has 0 radical (unpaired) electrons. The number of carbonyl (C=O) groups excluding carboxylic acids is 2. The number of carbonyl (C=O) groups is 2. The quantitative estimate of drug-likeness (QED) is 0.136. The minimum atomic E-state index is -0.849. The molecule has 1 N–H and O–H groups in total. The third kappa shape index (κ3) is 8.25. The van der Waals surface area contributed by atoms with Crippen LogP contribution < -0.4 is 14.8 Å². The van der Waals surface area contributed by atoms with Crippen LogP contribution in [0.5, 0.6) is 11.5 Å². The van der Waals surface area contributed by atoms with Gasteiger partial charge in [-0.05, 0) is 99.6 Å². The molecule has 2 heterocycles. The minimum absolute atomic E-state index is 0.00653. The van der Waals surface area contributed by atoms with Crippen LogP contribution in [-0.2, 0) is 22.6 Å². The van der Waals surface area contributed by atoms with Crippen molar-refractivity contribution in [3.63, 3.8) is 0 Å². The lowest BCUT2D eigenvalue weighted by Gasteiger charge is -2.44. The number of fused-ring (bicyclic) bond motifs is 2. The maximum atomic E-state index is 14.9. The second-order valence-electron chi connectivity index (χ2n) is 13.9. The van der Waals surface area contributed by atoms with Gasteiger partial charge in [0, 0.05) is 61.4 Å². The van der Waals surface area contributed by atoms with E-state index in [1.54, 1.807) is 7.11 Å². The Kier molecular flexibility index (Phi) is 11.7. The molecule has 10 heteroatoms. The van der Waals surface area contributed by atoms with Crippen molar-refractivity contribution in [2.75, 3.05) is 26.8 Å². The van der Waals surface area contributed by atoms with Crippen LogP contribution >= 0.6 is 11.6 Å². The maximum Gasteiger partial charge on any atom is 0.252 e. The molecule has 0 spiro atoms. The van der Waals surface area contributed by atoms with Gasteiger partial charge in [0.2, 0.25) is 5.91 Å². The molecule has 2 aliphatic heterocycles. The minimum Gasteiger partial charge on any atom is -0.496 e. The van der Waals surface area contributed by atoms with Gasteiger partial charge in [-0.25, -0.2) is 8.78 Å². The molecule has 3 aliphatic rings. The number of rotatable bonds is 14. The van der Waals surface area contributed by atoms with Crippen molar-refractivity contribution in [1.29, 1.82) is 0 Å². The van der Waals surface area contributed by atoms with Crippen molar-refractivity contribution in [2.24, 2.45) is 5.92 Å². The van der Waals surface area contributed by atoms with Gasteiger partial charge >= 0.3 is 0 Å². The van der Waals surface area contributed by atoms with Crippen molar-refractivity contribution in [2.45, 2.75) is 90.4 Å². The van der Waals surface area contributed by atoms with Gasteiger partial charge in [0.25, 0.3) is 5.91 Å². The highest BCUT2D eigenvalue weighted by Gasteiger charge is 2.44. The predicted molar refractivity (Wildman–Crippen MR) is 196 cm³/mol. The molecule has 2 bridgehead atoms. The summed E-state index contributed by atoms with van der Waals surface area (Å²) in [6, 6.07) is 16.2. The smallest absolute Gasteiger partial charge is 0.252 e. The molecular weight excluding hydrogens is 672 g/mol. The molecule has 1 saturated heterocycles. The van der Waals surface area contributed by atoms with Crippen LogP contribution in [0.3, 0.4) is 0 Å². The van der Waals surface area contributed by atoms with Gasteiger partial charge in [-0.1, -0.05) is 48.0 Å². The second-order valence-corrected chi connectivity index (χ2v) is 14.3. The van der Waals surface area contributed by atoms with E-state index in [1.807, 2.05) is 42.7 Å². The summed E-state index contributed by atoms with van der Waals surface area (Å²) in [6.07, 6.45) is 5.25. The number of halogens is 3. The fourth-order valence-corrected chi connectivity index (χ4v) is 7.88. The average molecular weight is 720 g/mol. The Labute approximate surface area is 304 Å². The van der Waals surface area contributed by atoms with Crippen molar-refractivity contribution < 1.29 is 27.8 Å². The van der Waals surface area contributed by atoms with Gasteiger partial charge < -0.3 is 24.6 Å². The number of hydrogen-bond donors (Lipinski definition) is 1. The average Bonchev–Trinajstić information content (AvgIpc) is 3.97. The summed E-state index contributed by atoms with van der Waals surface area (Å²) in [5, 5.41) is 3.53. The first-order valence-corrected chi connectivity index (χ1v) is 18.6. The van der Waals surface area contributed by atoms with Gasteiger partial charge in [0.15, 0.2) is 0 Å². The molecule has 7 nitrogen and oxygen atoms in total. The monoisotopic (exact) mass is 719 g/mol. The van der Waals surface area contributed by atoms with Crippen LogP contribution in [0.25, 0.3) is 5.57 Å². The van der Waals surface area contributed by atoms with Crippen LogP contribution in [-0.4, -0.2) is 66.5 Å². The van der Waals surface area contributed by atoms with E-state index in [2.05, 4.69) is 35.6 Å². The normalized spacial score (nSPS) is 19.9. The molecule has 0 aromatic heterocycles. The van der Waals surface area contributed by atoms with E-state index in [1.165, 1.54) is 0 Å². The molecule has 1 aliphatic carbocycles. The van der Waals surface area contributed by atoms with E-state index < -0.39 is 11.6 Å². The first-order valence-electron chi connectivity index (χ1n) is 18.2. The van der Waals surface area contributed by atoms with Gasteiger partial charge in [0.1, 0.15) is 28.2 Å². The van der Waals surface area contributed by atoms with E-state index in [4.69, 9.17) is 21.1 Å². The lowest BCUT2D eigenvalue weighted by molar-refractivity contribution is -0.137. The number of aryl methyl sites for hydroxylation is 1. The number of hydrogen-bond acceptors (Lipinski definition) is 5. The van der Waals surface area contributed by atoms with Crippen LogP contribution in [0, 0.1) is 24.5 Å². The Hall–Kier alpha value is -3.95. The molecular formula is C41H48ClF2N3O4. The predicted octanol–water partition coefficient (Wildman–Crippen LogP) is 7.90. The summed E-state index contributed by atoms with van der Waals surface area (Å²) in [7, 11) is 1.67. The zero-order valence-corrected chi connectivity index (χ0v) is 30.7. The molecule has 3 aromatic rings. The summed E-state index contributed by atoms with van der Waals surface area (Å²) in [6.45, 7) is 8.16. The number of piperidine rings is 1. The number of nitrogens with one attached hydrogen (secondary N) is 1. The summed E-state index contributed by atoms with van der Waals surface area (Å²) in [5.41, 5.74) is 6.02. The molecule has 3 atom stereocenters. The molecule has 2 fully saturated rings. The zero-order valence-electron chi connectivity index (χ0n) is 29.9. The van der Waals surface area contributed by atoms with Crippen LogP contribution in [0.2, 0.25) is 5.02 Å². The standard InChI is InChI=1S/C41H48ClF2N3O4/c1-5-46(6-2)40(48)29-19-31-23-33(27-14-12-26(13-15-27)9-8-18-51-37-22-30(43)21-34(44)39(37)42)38(35(20-29)45-31)41(49)47(32-16-17-32)24-28-10-7-11-36(50-4)25(28)3/h7,10-15,21-22,29,31-32,35,45H,5-6,8-9,16-20,23-24H2,1-4H3. The molecule has 2 amide bonds. The van der Waals surface area contributed by atoms with Crippen LogP contribution in [0.1, 0.15) is 74.6 Å². The number of benzene rings is 3. The number of nitrogens with zero attached hydrogens (tertiary/aromatic N) is 2. The largest absolute Gasteiger partial charge is 0.496 e. The number of amides is 2. The van der Waals surface area contributed by atoms with E-state index in [-0.39, 0.29) is 53.2 Å². The topological polar surface area (TPSA) is 71.1 Å². The van der Waals surface area contributed by atoms with E-state index in [0.29, 0.717) is 45.3 Å². The van der Waals surface area contributed by atoms with Gasteiger partial charge in [-0.15, -0.1) is 0 Å². The molecule has 3 unspecified atom stereocenters. The molecule has 3 aromatic carbocycles. The van der Waals surface area contributed by atoms with E-state index in [9.17, 15) is 18.4 Å². The Balaban J connectivity index is 1.26. The Bertz CT molecular complexity index is 1770. The lowest BCUT2D eigenvalue weighted by Crippen LogP contribution is -2.55. The molecule has 6 rings (SSSR count). The van der Waals surface area contributed by atoms with Gasteiger partial charge in [-0.3, -0.25) is 9.59 Å². The highest BCUT2D eigenvalue weighted by molar-refractivity contribution is 6.32. The molecule has 272 valence electrons. The maximum absolute atomic E-state index is 14.9. The third-order valence-corrected chi connectivity index (χ3v) is 11.0. The summed E-state index contributed by atoms with van der Waals surface area (Å²) in [5.74, 6) is -0.708. The Morgan fingerprint density at radius 3 is 2.43 bits per heavy atom. The first-order chi connectivity index (χ1) is 24.6. The summed E-state index contributed by atoms with van der Waals surface area (Å²) in [4.78, 5) is 32.5. The zero-order chi connectivity index (χ0) is 36.2. The summed E-state index contributed by atoms with van der Waals surface area (Å²) >= 11 is 5.95. The fourth-order valence-electron chi connectivity index (χ4n) is 7.71. The van der Waals surface area contributed by atoms with Gasteiger partial charge in [-0.2, -0.15) is 0 Å². The van der Waals surface area contributed by atoms with E-state index in [0.717, 1.165) is 70.5 Å². The van der Waals surface area contributed by atoms with Crippen molar-refractivity contribution >= 4 is 29.0 Å². The third-order valence-electron chi connectivity index (χ3n) is 10.6. The fraction of sp³-hybridized carbons (Fsp3) is 0.463. The molecule has 51 heavy (non-hydrogen) atoms. The highest BCUT2D eigenvalue weighted by Crippen LogP contribution is 2.41. The Morgan fingerprint density at radius 2 is 1.75 bits per heavy atom. The Morgan fingerprint density at radius 1 is 1.00 bits per heavy atom. The van der Waals surface area contributed by atoms with Crippen LogP contribution in [0.4, 0.5) is 8.78 Å². The highest BCUT2D eigenvalue weighted by atomic mass is 35.5. The SMILES string of the molecule is CCN(CC)C(=O)C1CC2CC(c3ccc(CCCOc4cc(F)cc(F)c4Cl)cc3)=C(C(=O)N(Cc3cccc(OC)c3C)C3CC3)C(C1)N2. The second kappa shape index (κ2) is 16.2. The first kappa shape index (κ1) is 36.8. The number of ether oxygens (including phenoxy) is 2. The lowest BCUT2D eigenvalue weighted by atomic mass is 9.74. The van der Waals surface area contributed by atoms with Crippen LogP contribution in [0.15, 0.2) is 60.2 Å². The van der Waals surface area contributed by atoms with Crippen molar-refractivity contribution in [3.8, 4) is 11.5 Å². The van der Waals surface area contributed by atoms with Crippen molar-refractivity contribution in [1.82, 2.24) is 15.1 Å². The number of methoxy groups -OCH3 is 1. The molecule has 1 saturated carbocycles. The summed E-state index contributed by atoms with van der Waals surface area (Å²) < 4.78 is 38.6. The van der Waals surface area contributed by atoms with E-state index >= 15 is 0 Å². The van der Waals surface area contributed by atoms with Gasteiger partial charge in [0.05, 0.1) is 13.7 Å².